The van der Waals surface area contributed by atoms with E-state index in [0.717, 1.165) is 53.8 Å². The molecule has 0 spiro atoms. The van der Waals surface area contributed by atoms with Crippen molar-refractivity contribution in [2.75, 3.05) is 46.5 Å². The lowest BCUT2D eigenvalue weighted by atomic mass is 9.90. The number of nitriles is 1. The monoisotopic (exact) mass is 498 g/mol. The number of hydrogen-bond acceptors (Lipinski definition) is 7. The Morgan fingerprint density at radius 3 is 2.89 bits per heavy atom. The Hall–Kier alpha value is -3.67. The van der Waals surface area contributed by atoms with Gasteiger partial charge in [-0.3, -0.25) is 9.67 Å². The molecule has 8 nitrogen and oxygen atoms in total. The molecule has 1 aromatic carbocycles. The van der Waals surface area contributed by atoms with E-state index in [1.165, 1.54) is 0 Å². The van der Waals surface area contributed by atoms with Gasteiger partial charge in [0.05, 0.1) is 37.6 Å². The van der Waals surface area contributed by atoms with Crippen molar-refractivity contribution in [3.8, 4) is 11.8 Å². The van der Waals surface area contributed by atoms with Crippen LogP contribution in [0.2, 0.25) is 0 Å². The van der Waals surface area contributed by atoms with Crippen molar-refractivity contribution in [1.82, 2.24) is 20.0 Å². The maximum absolute atomic E-state index is 9.80. The van der Waals surface area contributed by atoms with Crippen molar-refractivity contribution in [3.63, 3.8) is 0 Å². The number of aliphatic imine (C=N–C) groups is 1. The van der Waals surface area contributed by atoms with Crippen molar-refractivity contribution in [3.05, 3.63) is 71.3 Å². The molecular weight excluding hydrogens is 464 g/mol. The molecule has 3 aliphatic rings. The molecule has 1 N–H and O–H groups in total. The molecule has 2 saturated heterocycles. The quantitative estimate of drug-likeness (QED) is 0.553. The predicted octanol–water partition coefficient (Wildman–Crippen LogP) is 4.05. The van der Waals surface area contributed by atoms with E-state index >= 15 is 0 Å². The van der Waals surface area contributed by atoms with E-state index in [1.807, 2.05) is 30.6 Å². The van der Waals surface area contributed by atoms with E-state index in [1.54, 1.807) is 6.20 Å². The fourth-order valence-corrected chi connectivity index (χ4v) is 4.97. The minimum Gasteiger partial charge on any atom is -0.491 e. The van der Waals surface area contributed by atoms with Gasteiger partial charge in [0.15, 0.2) is 0 Å². The van der Waals surface area contributed by atoms with Crippen molar-refractivity contribution in [2.45, 2.75) is 25.8 Å². The molecule has 0 unspecified atom stereocenters. The Kier molecular flexibility index (Phi) is 7.26. The molecule has 5 rings (SSSR count). The first-order valence-electron chi connectivity index (χ1n) is 12.8. The molecule has 37 heavy (non-hydrogen) atoms. The highest BCUT2D eigenvalue weighted by atomic mass is 16.5. The fraction of sp³-hybridized carbons (Fsp3) is 0.414. The zero-order valence-electron chi connectivity index (χ0n) is 21.6. The number of piperidine rings is 1. The number of nitrogens with zero attached hydrogens (tertiary/aromatic N) is 5. The van der Waals surface area contributed by atoms with Crippen LogP contribution in [0.1, 0.15) is 42.5 Å². The number of rotatable bonds is 8. The Bertz CT molecular complexity index is 1290. The van der Waals surface area contributed by atoms with Gasteiger partial charge < -0.3 is 19.7 Å². The van der Waals surface area contributed by atoms with Crippen molar-refractivity contribution in [2.24, 2.45) is 10.4 Å². The summed E-state index contributed by atoms with van der Waals surface area (Å²) >= 11 is 0. The van der Waals surface area contributed by atoms with Gasteiger partial charge >= 0.3 is 0 Å². The first-order chi connectivity index (χ1) is 18.0. The summed E-state index contributed by atoms with van der Waals surface area (Å²) in [5, 5.41) is 17.8. The van der Waals surface area contributed by atoms with Crippen LogP contribution in [0, 0.1) is 16.7 Å². The standard InChI is InChI=1S/C29H34N6O2/c1-29(18-36-19-29)20-37-28-5-4-21(10-22(28)12-30)27-16-32-14-24(27)11-23(13-31-2)25-15-33-35(17-25)26-6-8-34(3)9-7-26/h4-5,10-11,13,15-17,26,32H,2,6-9,14,18-20H2,1,3H3/b23-13+,24-11+. The molecule has 8 heteroatoms. The summed E-state index contributed by atoms with van der Waals surface area (Å²) in [4.78, 5) is 6.43. The SMILES string of the molecule is C=N/C=C(\C=C1/CNC=C1c1ccc(OCC2(C)COC2)c(C#N)c1)c1cnn(C2CCN(C)CC2)c1. The van der Waals surface area contributed by atoms with E-state index < -0.39 is 0 Å². The third-order valence-corrected chi connectivity index (χ3v) is 7.33. The van der Waals surface area contributed by atoms with Crippen LogP contribution >= 0.6 is 0 Å². The number of hydrogen-bond donors (Lipinski definition) is 1. The molecule has 0 aliphatic carbocycles. The summed E-state index contributed by atoms with van der Waals surface area (Å²) in [6.45, 7) is 10.6. The van der Waals surface area contributed by atoms with Gasteiger partial charge in [-0.2, -0.15) is 10.4 Å². The summed E-state index contributed by atoms with van der Waals surface area (Å²) in [7, 11) is 2.17. The smallest absolute Gasteiger partial charge is 0.137 e. The highest BCUT2D eigenvalue weighted by Gasteiger charge is 2.34. The minimum absolute atomic E-state index is 0.0161. The van der Waals surface area contributed by atoms with Gasteiger partial charge in [-0.15, -0.1) is 0 Å². The maximum Gasteiger partial charge on any atom is 0.137 e. The average Bonchev–Trinajstić information content (AvgIpc) is 3.57. The van der Waals surface area contributed by atoms with Gasteiger partial charge in [0.1, 0.15) is 11.8 Å². The molecule has 1 aromatic heterocycles. The molecule has 0 amide bonds. The van der Waals surface area contributed by atoms with Crippen molar-refractivity contribution in [1.29, 1.82) is 5.26 Å². The molecular formula is C29H34N6O2. The van der Waals surface area contributed by atoms with Crippen LogP contribution in [0.15, 0.2) is 59.6 Å². The van der Waals surface area contributed by atoms with Gasteiger partial charge in [0.2, 0.25) is 0 Å². The molecule has 4 heterocycles. The third kappa shape index (κ3) is 5.53. The molecule has 0 bridgehead atoms. The fourth-order valence-electron chi connectivity index (χ4n) is 4.97. The minimum atomic E-state index is 0.0161. The second-order valence-electron chi connectivity index (χ2n) is 10.5. The van der Waals surface area contributed by atoms with E-state index in [2.05, 4.69) is 64.0 Å². The predicted molar refractivity (Wildman–Crippen MR) is 145 cm³/mol. The number of nitrogens with one attached hydrogen (secondary N) is 1. The van der Waals surface area contributed by atoms with E-state index in [-0.39, 0.29) is 5.41 Å². The summed E-state index contributed by atoms with van der Waals surface area (Å²) in [5.74, 6) is 0.606. The van der Waals surface area contributed by atoms with Gasteiger partial charge in [0, 0.05) is 47.3 Å². The number of aromatic nitrogens is 2. The zero-order valence-corrected chi connectivity index (χ0v) is 21.6. The van der Waals surface area contributed by atoms with Gasteiger partial charge in [-0.25, -0.2) is 0 Å². The van der Waals surface area contributed by atoms with Crippen LogP contribution in [-0.2, 0) is 4.74 Å². The first kappa shape index (κ1) is 25.0. The molecule has 0 saturated carbocycles. The lowest BCUT2D eigenvalue weighted by Crippen LogP contribution is -2.44. The second kappa shape index (κ2) is 10.8. The van der Waals surface area contributed by atoms with Crippen LogP contribution in [0.3, 0.4) is 0 Å². The summed E-state index contributed by atoms with van der Waals surface area (Å²) in [5.41, 5.74) is 5.62. The third-order valence-electron chi connectivity index (χ3n) is 7.33. The number of ether oxygens (including phenoxy) is 2. The first-order valence-corrected chi connectivity index (χ1v) is 12.8. The Labute approximate surface area is 218 Å². The molecule has 0 radical (unpaired) electrons. The highest BCUT2D eigenvalue weighted by molar-refractivity contribution is 5.87. The Balaban J connectivity index is 1.35. The van der Waals surface area contributed by atoms with E-state index in [0.29, 0.717) is 43.7 Å². The van der Waals surface area contributed by atoms with Crippen LogP contribution in [-0.4, -0.2) is 67.9 Å². The van der Waals surface area contributed by atoms with E-state index in [9.17, 15) is 5.26 Å². The molecule has 3 aliphatic heterocycles. The second-order valence-corrected chi connectivity index (χ2v) is 10.5. The van der Waals surface area contributed by atoms with Gasteiger partial charge in [0.25, 0.3) is 0 Å². The van der Waals surface area contributed by atoms with Crippen molar-refractivity contribution < 1.29 is 9.47 Å². The topological polar surface area (TPSA) is 87.7 Å². The van der Waals surface area contributed by atoms with Crippen LogP contribution in [0.25, 0.3) is 11.1 Å². The number of benzene rings is 1. The van der Waals surface area contributed by atoms with Crippen LogP contribution < -0.4 is 10.1 Å². The number of allylic oxidation sites excluding steroid dienone is 2. The molecule has 2 fully saturated rings. The Morgan fingerprint density at radius 1 is 1.38 bits per heavy atom. The van der Waals surface area contributed by atoms with Crippen LogP contribution in [0.4, 0.5) is 0 Å². The normalized spacial score (nSPS) is 21.2. The lowest BCUT2D eigenvalue weighted by Gasteiger charge is -2.37. The maximum atomic E-state index is 9.80. The largest absolute Gasteiger partial charge is 0.491 e. The molecule has 2 aromatic rings. The summed E-state index contributed by atoms with van der Waals surface area (Å²) < 4.78 is 13.4. The molecule has 192 valence electrons. The highest BCUT2D eigenvalue weighted by Crippen LogP contribution is 2.34. The Morgan fingerprint density at radius 2 is 2.19 bits per heavy atom. The summed E-state index contributed by atoms with van der Waals surface area (Å²) in [6, 6.07) is 8.52. The van der Waals surface area contributed by atoms with Crippen LogP contribution in [0.5, 0.6) is 5.75 Å². The summed E-state index contributed by atoms with van der Waals surface area (Å²) in [6.07, 6.45) is 12.1. The lowest BCUT2D eigenvalue weighted by molar-refractivity contribution is -0.120. The van der Waals surface area contributed by atoms with Gasteiger partial charge in [-0.05, 0) is 69.0 Å². The van der Waals surface area contributed by atoms with Gasteiger partial charge in [-0.1, -0.05) is 13.0 Å². The van der Waals surface area contributed by atoms with Crippen molar-refractivity contribution >= 4 is 17.9 Å². The number of likely N-dealkylation sites (tertiary alicyclic amines) is 1. The average molecular weight is 499 g/mol. The van der Waals surface area contributed by atoms with E-state index in [4.69, 9.17) is 9.47 Å². The molecule has 0 atom stereocenters. The zero-order chi connectivity index (χ0) is 25.8.